The molecule has 1 atom stereocenters. The zero-order valence-corrected chi connectivity index (χ0v) is 14.2. The lowest BCUT2D eigenvalue weighted by Gasteiger charge is -2.40. The van der Waals surface area contributed by atoms with Crippen molar-refractivity contribution in [3.8, 4) is 0 Å². The average Bonchev–Trinajstić information content (AvgIpc) is 2.81. The Morgan fingerprint density at radius 2 is 2.05 bits per heavy atom. The van der Waals surface area contributed by atoms with Crippen molar-refractivity contribution >= 4 is 22.9 Å². The molecule has 0 amide bonds. The van der Waals surface area contributed by atoms with Crippen molar-refractivity contribution in [1.82, 2.24) is 20.1 Å². The molecule has 6 heteroatoms. The Morgan fingerprint density at radius 1 is 1.35 bits per heavy atom. The third-order valence-electron chi connectivity index (χ3n) is 3.93. The van der Waals surface area contributed by atoms with Crippen LogP contribution < -0.4 is 5.32 Å². The lowest BCUT2D eigenvalue weighted by atomic mass is 10.0. The Balaban J connectivity index is 1.80. The molecule has 0 saturated carbocycles. The van der Waals surface area contributed by atoms with Crippen LogP contribution in [0.2, 0.25) is 4.34 Å². The summed E-state index contributed by atoms with van der Waals surface area (Å²) in [7, 11) is 2.20. The maximum absolute atomic E-state index is 5.90. The van der Waals surface area contributed by atoms with E-state index in [0.717, 1.165) is 22.4 Å². The Morgan fingerprint density at radius 3 is 2.60 bits per heavy atom. The number of nitrogens with zero attached hydrogens (tertiary/aromatic N) is 3. The standard InChI is InChI=1S/C14H25ClN4S/c1-11(2)12(19-6-4-18(3)5-7-19)8-16-10-14-17-9-13(15)20-14/h9,11-12,16H,4-8,10H2,1-3H3. The lowest BCUT2D eigenvalue weighted by molar-refractivity contribution is 0.0875. The minimum atomic E-state index is 0.596. The molecule has 1 aromatic heterocycles. The number of piperazine rings is 1. The first-order chi connectivity index (χ1) is 9.56. The second-order valence-electron chi connectivity index (χ2n) is 5.84. The number of likely N-dealkylation sites (N-methyl/N-ethyl adjacent to an activating group) is 1. The van der Waals surface area contributed by atoms with Gasteiger partial charge in [-0.15, -0.1) is 11.3 Å². The number of halogens is 1. The Hall–Kier alpha value is -0.200. The average molecular weight is 317 g/mol. The molecule has 20 heavy (non-hydrogen) atoms. The second-order valence-corrected chi connectivity index (χ2v) is 7.59. The number of nitrogens with one attached hydrogen (secondary N) is 1. The molecule has 2 rings (SSSR count). The van der Waals surface area contributed by atoms with Crippen molar-refractivity contribution in [3.63, 3.8) is 0 Å². The van der Waals surface area contributed by atoms with E-state index in [1.165, 1.54) is 26.2 Å². The summed E-state index contributed by atoms with van der Waals surface area (Å²) in [5, 5.41) is 4.60. The van der Waals surface area contributed by atoms with Gasteiger partial charge in [0.15, 0.2) is 0 Å². The molecule has 1 N–H and O–H groups in total. The molecule has 1 saturated heterocycles. The van der Waals surface area contributed by atoms with Crippen molar-refractivity contribution in [2.45, 2.75) is 26.4 Å². The molecule has 0 spiro atoms. The van der Waals surface area contributed by atoms with E-state index in [9.17, 15) is 0 Å². The maximum atomic E-state index is 5.90. The molecule has 1 fully saturated rings. The van der Waals surface area contributed by atoms with E-state index in [0.29, 0.717) is 12.0 Å². The van der Waals surface area contributed by atoms with E-state index in [1.54, 1.807) is 17.5 Å². The molecule has 0 aliphatic carbocycles. The van der Waals surface area contributed by atoms with Gasteiger partial charge in [-0.2, -0.15) is 0 Å². The highest BCUT2D eigenvalue weighted by atomic mass is 35.5. The van der Waals surface area contributed by atoms with Crippen LogP contribution in [-0.2, 0) is 6.54 Å². The first-order valence-electron chi connectivity index (χ1n) is 7.29. The van der Waals surface area contributed by atoms with Gasteiger partial charge in [-0.05, 0) is 13.0 Å². The number of hydrogen-bond acceptors (Lipinski definition) is 5. The smallest absolute Gasteiger partial charge is 0.113 e. The second kappa shape index (κ2) is 7.71. The van der Waals surface area contributed by atoms with E-state index in [1.807, 2.05) is 0 Å². The third-order valence-corrected chi connectivity index (χ3v) is 5.05. The van der Waals surface area contributed by atoms with Crippen LogP contribution in [0.25, 0.3) is 0 Å². The number of rotatable bonds is 6. The van der Waals surface area contributed by atoms with Crippen molar-refractivity contribution in [2.75, 3.05) is 39.8 Å². The highest BCUT2D eigenvalue weighted by Gasteiger charge is 2.24. The molecule has 2 heterocycles. The van der Waals surface area contributed by atoms with Crippen molar-refractivity contribution in [2.24, 2.45) is 5.92 Å². The van der Waals surface area contributed by atoms with E-state index in [2.05, 4.69) is 41.0 Å². The predicted octanol–water partition coefficient (Wildman–Crippen LogP) is 2.16. The molecule has 1 unspecified atom stereocenters. The minimum Gasteiger partial charge on any atom is -0.309 e. The Bertz CT molecular complexity index is 402. The van der Waals surface area contributed by atoms with E-state index in [-0.39, 0.29) is 0 Å². The molecule has 114 valence electrons. The fourth-order valence-corrected chi connectivity index (χ4v) is 3.56. The van der Waals surface area contributed by atoms with Crippen LogP contribution in [0.1, 0.15) is 18.9 Å². The highest BCUT2D eigenvalue weighted by molar-refractivity contribution is 7.15. The summed E-state index contributed by atoms with van der Waals surface area (Å²) in [6.07, 6.45) is 1.73. The summed E-state index contributed by atoms with van der Waals surface area (Å²) < 4.78 is 0.765. The van der Waals surface area contributed by atoms with Crippen LogP contribution in [-0.4, -0.2) is 60.6 Å². The SMILES string of the molecule is CC(C)C(CNCc1ncc(Cl)s1)N1CCN(C)CC1. The molecule has 1 aliphatic heterocycles. The molecular formula is C14H25ClN4S. The van der Waals surface area contributed by atoms with Crippen molar-refractivity contribution in [3.05, 3.63) is 15.5 Å². The molecule has 1 aliphatic rings. The van der Waals surface area contributed by atoms with Gasteiger partial charge in [0, 0.05) is 45.3 Å². The van der Waals surface area contributed by atoms with Crippen molar-refractivity contribution in [1.29, 1.82) is 0 Å². The maximum Gasteiger partial charge on any atom is 0.113 e. The number of aromatic nitrogens is 1. The summed E-state index contributed by atoms with van der Waals surface area (Å²) in [5.74, 6) is 0.658. The largest absolute Gasteiger partial charge is 0.309 e. The van der Waals surface area contributed by atoms with Gasteiger partial charge in [0.25, 0.3) is 0 Å². The number of thiazole rings is 1. The van der Waals surface area contributed by atoms with Gasteiger partial charge in [-0.1, -0.05) is 25.4 Å². The molecule has 0 bridgehead atoms. The molecular weight excluding hydrogens is 292 g/mol. The van der Waals surface area contributed by atoms with E-state index >= 15 is 0 Å². The zero-order valence-electron chi connectivity index (χ0n) is 12.6. The van der Waals surface area contributed by atoms with Gasteiger partial charge in [0.1, 0.15) is 9.34 Å². The molecule has 0 aromatic carbocycles. The van der Waals surface area contributed by atoms with E-state index < -0.39 is 0 Å². The minimum absolute atomic E-state index is 0.596. The van der Waals surface area contributed by atoms with Gasteiger partial charge in [-0.3, -0.25) is 4.90 Å². The van der Waals surface area contributed by atoms with Crippen LogP contribution in [0.5, 0.6) is 0 Å². The quantitative estimate of drug-likeness (QED) is 0.871. The highest BCUT2D eigenvalue weighted by Crippen LogP contribution is 2.18. The fraction of sp³-hybridized carbons (Fsp3) is 0.786. The van der Waals surface area contributed by atoms with Crippen LogP contribution in [0.3, 0.4) is 0 Å². The monoisotopic (exact) mass is 316 g/mol. The van der Waals surface area contributed by atoms with Crippen LogP contribution in [0, 0.1) is 5.92 Å². The molecule has 0 radical (unpaired) electrons. The third kappa shape index (κ3) is 4.67. The van der Waals surface area contributed by atoms with Crippen LogP contribution in [0.15, 0.2) is 6.20 Å². The van der Waals surface area contributed by atoms with E-state index in [4.69, 9.17) is 11.6 Å². The Kier molecular flexibility index (Phi) is 6.23. The fourth-order valence-electron chi connectivity index (χ4n) is 2.64. The zero-order chi connectivity index (χ0) is 14.5. The van der Waals surface area contributed by atoms with Crippen molar-refractivity contribution < 1.29 is 0 Å². The summed E-state index contributed by atoms with van der Waals surface area (Å²) in [6.45, 7) is 11.1. The number of hydrogen-bond donors (Lipinski definition) is 1. The first kappa shape index (κ1) is 16.2. The lowest BCUT2D eigenvalue weighted by Crippen LogP contribution is -2.53. The van der Waals surface area contributed by atoms with Gasteiger partial charge >= 0.3 is 0 Å². The van der Waals surface area contributed by atoms with Gasteiger partial charge in [-0.25, -0.2) is 4.98 Å². The van der Waals surface area contributed by atoms with Gasteiger partial charge in [0.05, 0.1) is 6.20 Å². The predicted molar refractivity (Wildman–Crippen MR) is 86.5 cm³/mol. The van der Waals surface area contributed by atoms with Gasteiger partial charge < -0.3 is 10.2 Å². The first-order valence-corrected chi connectivity index (χ1v) is 8.49. The normalized spacial score (nSPS) is 19.6. The van der Waals surface area contributed by atoms with Crippen LogP contribution in [0.4, 0.5) is 0 Å². The topological polar surface area (TPSA) is 31.4 Å². The summed E-state index contributed by atoms with van der Waals surface area (Å²) >= 11 is 7.46. The molecule has 4 nitrogen and oxygen atoms in total. The van der Waals surface area contributed by atoms with Crippen LogP contribution >= 0.6 is 22.9 Å². The summed E-state index contributed by atoms with van der Waals surface area (Å²) in [4.78, 5) is 9.30. The summed E-state index contributed by atoms with van der Waals surface area (Å²) in [6, 6.07) is 0.596. The Labute approximate surface area is 131 Å². The molecule has 1 aromatic rings. The van der Waals surface area contributed by atoms with Gasteiger partial charge in [0.2, 0.25) is 0 Å². The summed E-state index contributed by atoms with van der Waals surface area (Å²) in [5.41, 5.74) is 0.